The molecule has 0 saturated heterocycles. The highest BCUT2D eigenvalue weighted by molar-refractivity contribution is 6.18. The van der Waals surface area contributed by atoms with E-state index in [1.54, 1.807) is 54.6 Å². The first-order valence-corrected chi connectivity index (χ1v) is 6.53. The maximum absolute atomic E-state index is 12.6. The standard InChI is InChI=1S/C18H12O3/c19-17(12-6-2-1-3-7-12)15-10-11-16(18(20)21)14-9-5-4-8-13(14)15/h1-11H,(H,20,21). The molecule has 3 aromatic carbocycles. The molecule has 3 aromatic rings. The number of rotatable bonds is 3. The summed E-state index contributed by atoms with van der Waals surface area (Å²) in [5.41, 5.74) is 1.31. The average Bonchev–Trinajstić information content (AvgIpc) is 2.54. The van der Waals surface area contributed by atoms with Crippen LogP contribution in [0.15, 0.2) is 66.7 Å². The van der Waals surface area contributed by atoms with Crippen LogP contribution in [0.2, 0.25) is 0 Å². The normalized spacial score (nSPS) is 10.5. The molecule has 0 spiro atoms. The van der Waals surface area contributed by atoms with Crippen molar-refractivity contribution in [1.82, 2.24) is 0 Å². The van der Waals surface area contributed by atoms with Crippen LogP contribution < -0.4 is 0 Å². The van der Waals surface area contributed by atoms with E-state index in [4.69, 9.17) is 0 Å². The number of fused-ring (bicyclic) bond motifs is 1. The van der Waals surface area contributed by atoms with Crippen molar-refractivity contribution >= 4 is 22.5 Å². The van der Waals surface area contributed by atoms with Gasteiger partial charge in [0.2, 0.25) is 0 Å². The minimum atomic E-state index is -0.995. The second-order valence-corrected chi connectivity index (χ2v) is 4.71. The second kappa shape index (κ2) is 5.21. The van der Waals surface area contributed by atoms with Crippen LogP contribution in [0.5, 0.6) is 0 Å². The average molecular weight is 276 g/mol. The third-order valence-electron chi connectivity index (χ3n) is 3.44. The van der Waals surface area contributed by atoms with Crippen LogP contribution in [0.25, 0.3) is 10.8 Å². The molecule has 0 radical (unpaired) electrons. The maximum atomic E-state index is 12.6. The Bertz CT molecular complexity index is 835. The van der Waals surface area contributed by atoms with E-state index in [1.165, 1.54) is 6.07 Å². The monoisotopic (exact) mass is 276 g/mol. The summed E-state index contributed by atoms with van der Waals surface area (Å²) < 4.78 is 0. The highest BCUT2D eigenvalue weighted by atomic mass is 16.4. The van der Waals surface area contributed by atoms with Crippen LogP contribution >= 0.6 is 0 Å². The maximum Gasteiger partial charge on any atom is 0.336 e. The van der Waals surface area contributed by atoms with Crippen molar-refractivity contribution in [2.24, 2.45) is 0 Å². The van der Waals surface area contributed by atoms with E-state index in [-0.39, 0.29) is 11.3 Å². The molecular formula is C18H12O3. The first-order chi connectivity index (χ1) is 10.2. The van der Waals surface area contributed by atoms with Crippen molar-refractivity contribution < 1.29 is 14.7 Å². The Morgan fingerprint density at radius 3 is 1.81 bits per heavy atom. The van der Waals surface area contributed by atoms with Gasteiger partial charge >= 0.3 is 5.97 Å². The first kappa shape index (κ1) is 13.1. The molecule has 0 heterocycles. The van der Waals surface area contributed by atoms with Crippen LogP contribution in [0.4, 0.5) is 0 Å². The zero-order valence-corrected chi connectivity index (χ0v) is 11.1. The molecule has 102 valence electrons. The molecule has 0 fully saturated rings. The van der Waals surface area contributed by atoms with E-state index < -0.39 is 5.97 Å². The number of carbonyl (C=O) groups excluding carboxylic acids is 1. The zero-order chi connectivity index (χ0) is 14.8. The minimum absolute atomic E-state index is 0.108. The van der Waals surface area contributed by atoms with E-state index in [0.29, 0.717) is 21.9 Å². The third-order valence-corrected chi connectivity index (χ3v) is 3.44. The van der Waals surface area contributed by atoms with E-state index in [1.807, 2.05) is 6.07 Å². The molecule has 0 atom stereocenters. The van der Waals surface area contributed by atoms with Crippen LogP contribution in [0.3, 0.4) is 0 Å². The Kier molecular flexibility index (Phi) is 3.24. The number of aromatic carboxylic acids is 1. The Morgan fingerprint density at radius 2 is 1.19 bits per heavy atom. The lowest BCUT2D eigenvalue weighted by molar-refractivity contribution is 0.0698. The van der Waals surface area contributed by atoms with Gasteiger partial charge in [-0.1, -0.05) is 54.6 Å². The highest BCUT2D eigenvalue weighted by Crippen LogP contribution is 2.25. The van der Waals surface area contributed by atoms with Gasteiger partial charge in [0.15, 0.2) is 5.78 Å². The molecule has 0 aromatic heterocycles. The van der Waals surface area contributed by atoms with Crippen molar-refractivity contribution in [3.05, 3.63) is 83.4 Å². The number of ketones is 1. The number of carboxylic acids is 1. The lowest BCUT2D eigenvalue weighted by Crippen LogP contribution is -2.05. The van der Waals surface area contributed by atoms with Gasteiger partial charge in [0, 0.05) is 11.1 Å². The van der Waals surface area contributed by atoms with Gasteiger partial charge in [0.1, 0.15) is 0 Å². The molecule has 0 amide bonds. The number of carboxylic acid groups (broad SMARTS) is 1. The van der Waals surface area contributed by atoms with Crippen LogP contribution in [0, 0.1) is 0 Å². The summed E-state index contributed by atoms with van der Waals surface area (Å²) in [4.78, 5) is 23.9. The number of hydrogen-bond donors (Lipinski definition) is 1. The van der Waals surface area contributed by atoms with E-state index >= 15 is 0 Å². The summed E-state index contributed by atoms with van der Waals surface area (Å²) >= 11 is 0. The summed E-state index contributed by atoms with van der Waals surface area (Å²) in [5, 5.41) is 10.5. The van der Waals surface area contributed by atoms with Crippen molar-refractivity contribution in [1.29, 1.82) is 0 Å². The van der Waals surface area contributed by atoms with Gasteiger partial charge in [-0.2, -0.15) is 0 Å². The van der Waals surface area contributed by atoms with Gasteiger partial charge in [-0.15, -0.1) is 0 Å². The van der Waals surface area contributed by atoms with E-state index in [9.17, 15) is 14.7 Å². The van der Waals surface area contributed by atoms with Crippen molar-refractivity contribution in [3.8, 4) is 0 Å². The smallest absolute Gasteiger partial charge is 0.336 e. The largest absolute Gasteiger partial charge is 0.478 e. The Hall–Kier alpha value is -2.94. The fraction of sp³-hybridized carbons (Fsp3) is 0. The number of benzene rings is 3. The van der Waals surface area contributed by atoms with Crippen molar-refractivity contribution in [3.63, 3.8) is 0 Å². The predicted octanol–water partition coefficient (Wildman–Crippen LogP) is 3.77. The zero-order valence-electron chi connectivity index (χ0n) is 11.1. The summed E-state index contributed by atoms with van der Waals surface area (Å²) in [5.74, 6) is -1.10. The fourth-order valence-electron chi connectivity index (χ4n) is 2.43. The molecule has 0 aliphatic carbocycles. The van der Waals surface area contributed by atoms with Crippen LogP contribution in [-0.4, -0.2) is 16.9 Å². The van der Waals surface area contributed by atoms with E-state index in [0.717, 1.165) is 0 Å². The van der Waals surface area contributed by atoms with Crippen LogP contribution in [0.1, 0.15) is 26.3 Å². The molecule has 3 rings (SSSR count). The summed E-state index contributed by atoms with van der Waals surface area (Å²) in [6, 6.07) is 19.1. The lowest BCUT2D eigenvalue weighted by Gasteiger charge is -2.08. The molecule has 0 unspecified atom stereocenters. The Morgan fingerprint density at radius 1 is 0.667 bits per heavy atom. The summed E-state index contributed by atoms with van der Waals surface area (Å²) in [6.07, 6.45) is 0. The molecule has 0 bridgehead atoms. The quantitative estimate of drug-likeness (QED) is 0.741. The molecule has 3 nitrogen and oxygen atoms in total. The van der Waals surface area contributed by atoms with Gasteiger partial charge in [0.05, 0.1) is 5.56 Å². The van der Waals surface area contributed by atoms with Gasteiger partial charge in [0.25, 0.3) is 0 Å². The number of carbonyl (C=O) groups is 2. The minimum Gasteiger partial charge on any atom is -0.478 e. The molecule has 0 aliphatic rings. The summed E-state index contributed by atoms with van der Waals surface area (Å²) in [7, 11) is 0. The molecule has 0 aliphatic heterocycles. The molecular weight excluding hydrogens is 264 g/mol. The summed E-state index contributed by atoms with van der Waals surface area (Å²) in [6.45, 7) is 0. The Balaban J connectivity index is 2.23. The lowest BCUT2D eigenvalue weighted by atomic mass is 9.94. The van der Waals surface area contributed by atoms with Gasteiger partial charge < -0.3 is 5.11 Å². The highest BCUT2D eigenvalue weighted by Gasteiger charge is 2.16. The Labute approximate surface area is 121 Å². The third kappa shape index (κ3) is 2.30. The molecule has 3 heteroatoms. The molecule has 0 saturated carbocycles. The first-order valence-electron chi connectivity index (χ1n) is 6.53. The fourth-order valence-corrected chi connectivity index (χ4v) is 2.43. The second-order valence-electron chi connectivity index (χ2n) is 4.71. The molecule has 1 N–H and O–H groups in total. The van der Waals surface area contributed by atoms with Crippen LogP contribution in [-0.2, 0) is 0 Å². The predicted molar refractivity (Wildman–Crippen MR) is 80.8 cm³/mol. The van der Waals surface area contributed by atoms with Gasteiger partial charge in [-0.3, -0.25) is 4.79 Å². The SMILES string of the molecule is O=C(O)c1ccc(C(=O)c2ccccc2)c2ccccc12. The number of hydrogen-bond acceptors (Lipinski definition) is 2. The van der Waals surface area contributed by atoms with Crippen molar-refractivity contribution in [2.75, 3.05) is 0 Å². The van der Waals surface area contributed by atoms with Gasteiger partial charge in [-0.25, -0.2) is 4.79 Å². The topological polar surface area (TPSA) is 54.4 Å². The molecule has 21 heavy (non-hydrogen) atoms. The van der Waals surface area contributed by atoms with Crippen molar-refractivity contribution in [2.45, 2.75) is 0 Å². The van der Waals surface area contributed by atoms with Gasteiger partial charge in [-0.05, 0) is 22.9 Å². The van der Waals surface area contributed by atoms with E-state index in [2.05, 4.69) is 0 Å².